The van der Waals surface area contributed by atoms with E-state index in [0.29, 0.717) is 18.7 Å². The summed E-state index contributed by atoms with van der Waals surface area (Å²) in [6, 6.07) is 15.7. The smallest absolute Gasteiger partial charge is 0.253 e. The lowest BCUT2D eigenvalue weighted by Gasteiger charge is -2.29. The first kappa shape index (κ1) is 16.1. The molecule has 2 aromatic rings. The van der Waals surface area contributed by atoms with Gasteiger partial charge in [0.05, 0.1) is 13.7 Å². The predicted octanol–water partition coefficient (Wildman–Crippen LogP) is 2.56. The van der Waals surface area contributed by atoms with E-state index in [1.54, 1.807) is 7.11 Å². The van der Waals surface area contributed by atoms with Gasteiger partial charge in [0.25, 0.3) is 5.91 Å². The lowest BCUT2D eigenvalue weighted by atomic mass is 10.1. The zero-order valence-corrected chi connectivity index (χ0v) is 14.3. The summed E-state index contributed by atoms with van der Waals surface area (Å²) in [6.45, 7) is 2.88. The number of benzene rings is 2. The summed E-state index contributed by atoms with van der Waals surface area (Å²) in [5.41, 5.74) is 2.29. The van der Waals surface area contributed by atoms with Gasteiger partial charge in [0.15, 0.2) is 5.72 Å². The van der Waals surface area contributed by atoms with Crippen LogP contribution in [0.4, 0.5) is 0 Å². The maximum absolute atomic E-state index is 12.6. The monoisotopic (exact) mass is 338 g/mol. The number of amides is 1. The molecule has 5 nitrogen and oxygen atoms in total. The van der Waals surface area contributed by atoms with Gasteiger partial charge in [-0.05, 0) is 29.3 Å². The summed E-state index contributed by atoms with van der Waals surface area (Å²) < 4.78 is 11.4. The standard InChI is InChI=1S/C20H22N2O3/c1-24-17-8-6-15(7-9-17)12-22-11-10-20(14-22)21-19(23)18-5-3-2-4-16(18)13-25-20/h2-9H,10-14H2,1H3,(H,21,23). The van der Waals surface area contributed by atoms with Crippen LogP contribution in [-0.4, -0.2) is 36.7 Å². The molecule has 0 radical (unpaired) electrons. The van der Waals surface area contributed by atoms with Crippen LogP contribution in [0.5, 0.6) is 5.75 Å². The number of nitrogens with one attached hydrogen (secondary N) is 1. The van der Waals surface area contributed by atoms with Crippen molar-refractivity contribution in [1.82, 2.24) is 10.2 Å². The number of carbonyl (C=O) groups excluding carboxylic acids is 1. The highest BCUT2D eigenvalue weighted by Gasteiger charge is 2.42. The normalized spacial score (nSPS) is 23.2. The largest absolute Gasteiger partial charge is 0.497 e. The van der Waals surface area contributed by atoms with E-state index < -0.39 is 5.72 Å². The van der Waals surface area contributed by atoms with E-state index in [-0.39, 0.29) is 5.91 Å². The Kier molecular flexibility index (Phi) is 4.19. The van der Waals surface area contributed by atoms with Crippen LogP contribution in [0.25, 0.3) is 0 Å². The molecule has 2 aromatic carbocycles. The first-order valence-corrected chi connectivity index (χ1v) is 8.57. The molecular formula is C20H22N2O3. The average Bonchev–Trinajstić information content (AvgIpc) is 2.97. The topological polar surface area (TPSA) is 50.8 Å². The highest BCUT2D eigenvalue weighted by Crippen LogP contribution is 2.29. The number of ether oxygens (including phenoxy) is 2. The average molecular weight is 338 g/mol. The molecule has 25 heavy (non-hydrogen) atoms. The highest BCUT2D eigenvalue weighted by atomic mass is 16.5. The third kappa shape index (κ3) is 3.25. The van der Waals surface area contributed by atoms with E-state index in [2.05, 4.69) is 22.3 Å². The molecule has 1 spiro atoms. The van der Waals surface area contributed by atoms with Crippen LogP contribution in [0.2, 0.25) is 0 Å². The van der Waals surface area contributed by atoms with Crippen molar-refractivity contribution in [3.63, 3.8) is 0 Å². The molecule has 1 amide bonds. The Morgan fingerprint density at radius 1 is 1.20 bits per heavy atom. The molecule has 0 bridgehead atoms. The van der Waals surface area contributed by atoms with Crippen LogP contribution < -0.4 is 10.1 Å². The second-order valence-electron chi connectivity index (χ2n) is 6.70. The fraction of sp³-hybridized carbons (Fsp3) is 0.350. The summed E-state index contributed by atoms with van der Waals surface area (Å²) in [5.74, 6) is 0.818. The maximum atomic E-state index is 12.6. The zero-order chi connectivity index (χ0) is 17.3. The van der Waals surface area contributed by atoms with Gasteiger partial charge in [0.2, 0.25) is 0 Å². The van der Waals surface area contributed by atoms with Crippen LogP contribution in [-0.2, 0) is 17.9 Å². The van der Waals surface area contributed by atoms with Crippen molar-refractivity contribution in [2.75, 3.05) is 20.2 Å². The van der Waals surface area contributed by atoms with Crippen LogP contribution in [0.15, 0.2) is 48.5 Å². The van der Waals surface area contributed by atoms with Crippen LogP contribution in [0.3, 0.4) is 0 Å². The molecule has 5 heteroatoms. The van der Waals surface area contributed by atoms with Gasteiger partial charge in [-0.2, -0.15) is 0 Å². The molecule has 0 aliphatic carbocycles. The van der Waals surface area contributed by atoms with Crippen LogP contribution in [0, 0.1) is 0 Å². The van der Waals surface area contributed by atoms with Crippen molar-refractivity contribution < 1.29 is 14.3 Å². The van der Waals surface area contributed by atoms with E-state index >= 15 is 0 Å². The summed E-state index contributed by atoms with van der Waals surface area (Å²) >= 11 is 0. The highest BCUT2D eigenvalue weighted by molar-refractivity contribution is 5.96. The third-order valence-electron chi connectivity index (χ3n) is 4.98. The molecular weight excluding hydrogens is 316 g/mol. The van der Waals surface area contributed by atoms with E-state index in [0.717, 1.165) is 30.8 Å². The van der Waals surface area contributed by atoms with Crippen molar-refractivity contribution in [2.24, 2.45) is 0 Å². The number of hydrogen-bond donors (Lipinski definition) is 1. The number of hydrogen-bond acceptors (Lipinski definition) is 4. The molecule has 1 fully saturated rings. The van der Waals surface area contributed by atoms with Crippen molar-refractivity contribution in [1.29, 1.82) is 0 Å². The first-order chi connectivity index (χ1) is 12.2. The Hall–Kier alpha value is -2.37. The minimum atomic E-state index is -0.595. The fourth-order valence-corrected chi connectivity index (χ4v) is 3.60. The van der Waals surface area contributed by atoms with E-state index in [1.807, 2.05) is 36.4 Å². The number of likely N-dealkylation sites (tertiary alicyclic amines) is 1. The van der Waals surface area contributed by atoms with Gasteiger partial charge in [-0.25, -0.2) is 0 Å². The van der Waals surface area contributed by atoms with Crippen molar-refractivity contribution in [2.45, 2.75) is 25.3 Å². The first-order valence-electron chi connectivity index (χ1n) is 8.57. The predicted molar refractivity (Wildman–Crippen MR) is 94.3 cm³/mol. The van der Waals surface area contributed by atoms with E-state index in [9.17, 15) is 4.79 Å². The van der Waals surface area contributed by atoms with Gasteiger partial charge in [-0.15, -0.1) is 0 Å². The van der Waals surface area contributed by atoms with Crippen molar-refractivity contribution in [3.05, 3.63) is 65.2 Å². The SMILES string of the molecule is COc1ccc(CN2CCC3(C2)NC(=O)c2ccccc2CO3)cc1. The second-order valence-corrected chi connectivity index (χ2v) is 6.70. The summed E-state index contributed by atoms with van der Waals surface area (Å²) in [4.78, 5) is 14.9. The summed E-state index contributed by atoms with van der Waals surface area (Å²) in [7, 11) is 1.67. The quantitative estimate of drug-likeness (QED) is 0.934. The Morgan fingerprint density at radius 3 is 2.80 bits per heavy atom. The molecule has 1 N–H and O–H groups in total. The number of methoxy groups -OCH3 is 1. The van der Waals surface area contributed by atoms with Gasteiger partial charge in [-0.3, -0.25) is 9.69 Å². The number of nitrogens with zero attached hydrogens (tertiary/aromatic N) is 1. The zero-order valence-electron chi connectivity index (χ0n) is 14.3. The fourth-order valence-electron chi connectivity index (χ4n) is 3.60. The van der Waals surface area contributed by atoms with Gasteiger partial charge < -0.3 is 14.8 Å². The maximum Gasteiger partial charge on any atom is 0.253 e. The van der Waals surface area contributed by atoms with Gasteiger partial charge in [0, 0.05) is 31.6 Å². The van der Waals surface area contributed by atoms with Crippen LogP contribution >= 0.6 is 0 Å². The molecule has 1 unspecified atom stereocenters. The van der Waals surface area contributed by atoms with Crippen molar-refractivity contribution >= 4 is 5.91 Å². The van der Waals surface area contributed by atoms with Gasteiger partial charge >= 0.3 is 0 Å². The second kappa shape index (κ2) is 6.50. The summed E-state index contributed by atoms with van der Waals surface area (Å²) in [5, 5.41) is 3.12. The third-order valence-corrected chi connectivity index (χ3v) is 4.98. The Bertz CT molecular complexity index is 775. The molecule has 2 aliphatic rings. The van der Waals surface area contributed by atoms with Crippen molar-refractivity contribution in [3.8, 4) is 5.75 Å². The molecule has 2 heterocycles. The molecule has 1 saturated heterocycles. The minimum Gasteiger partial charge on any atom is -0.497 e. The molecule has 2 aliphatic heterocycles. The molecule has 130 valence electrons. The Balaban J connectivity index is 1.45. The Labute approximate surface area is 147 Å². The lowest BCUT2D eigenvalue weighted by Crippen LogP contribution is -2.51. The van der Waals surface area contributed by atoms with E-state index in [1.165, 1.54) is 5.56 Å². The molecule has 0 saturated carbocycles. The summed E-state index contributed by atoms with van der Waals surface area (Å²) in [6.07, 6.45) is 0.795. The molecule has 4 rings (SSSR count). The number of rotatable bonds is 3. The van der Waals surface area contributed by atoms with Gasteiger partial charge in [-0.1, -0.05) is 30.3 Å². The number of fused-ring (bicyclic) bond motifs is 1. The minimum absolute atomic E-state index is 0.0422. The molecule has 1 atom stereocenters. The molecule has 0 aromatic heterocycles. The van der Waals surface area contributed by atoms with Gasteiger partial charge in [0.1, 0.15) is 5.75 Å². The lowest BCUT2D eigenvalue weighted by molar-refractivity contribution is -0.0629. The van der Waals surface area contributed by atoms with Crippen LogP contribution in [0.1, 0.15) is 27.9 Å². The van der Waals surface area contributed by atoms with E-state index in [4.69, 9.17) is 9.47 Å². The Morgan fingerprint density at radius 2 is 2.00 bits per heavy atom. The number of carbonyl (C=O) groups is 1.